The van der Waals surface area contributed by atoms with Crippen molar-refractivity contribution in [3.05, 3.63) is 24.3 Å². The number of carbonyl (C=O) groups is 1. The van der Waals surface area contributed by atoms with Gasteiger partial charge >= 0.3 is 29.6 Å². The Morgan fingerprint density at radius 1 is 0.893 bits per heavy atom. The summed E-state index contributed by atoms with van der Waals surface area (Å²) in [5.74, 6) is 0.625. The number of thioether (sulfide) groups is 1. The molecule has 0 bridgehead atoms. The van der Waals surface area contributed by atoms with Gasteiger partial charge in [0, 0.05) is 4.90 Å². The number of carboxylic acid groups (broad SMARTS) is 1. The third-order valence-electron chi connectivity index (χ3n) is 4.70. The van der Waals surface area contributed by atoms with Crippen molar-refractivity contribution < 1.29 is 44.2 Å². The molecule has 0 saturated carbocycles. The van der Waals surface area contributed by atoms with Crippen LogP contribution in [0.4, 0.5) is 0 Å². The molecule has 0 N–H and O–H groups in total. The zero-order valence-electron chi connectivity index (χ0n) is 18.2. The van der Waals surface area contributed by atoms with Crippen LogP contribution in [0.5, 0.6) is 5.75 Å². The minimum atomic E-state index is -1.12. The Kier molecular flexibility index (Phi) is 18.7. The van der Waals surface area contributed by atoms with Crippen LogP contribution < -0.4 is 39.4 Å². The largest absolute Gasteiger partial charge is 1.00 e. The van der Waals surface area contributed by atoms with Crippen molar-refractivity contribution in [1.29, 1.82) is 0 Å². The second kappa shape index (κ2) is 18.8. The van der Waals surface area contributed by atoms with E-state index in [1.807, 2.05) is 36.0 Å². The summed E-state index contributed by atoms with van der Waals surface area (Å²) < 4.78 is 5.66. The number of aliphatic carboxylic acids is 1. The molecule has 0 aliphatic rings. The molecule has 1 aromatic carbocycles. The number of hydrogen-bond acceptors (Lipinski definition) is 4. The van der Waals surface area contributed by atoms with Crippen LogP contribution in [0.15, 0.2) is 29.2 Å². The van der Waals surface area contributed by atoms with Crippen LogP contribution in [-0.2, 0) is 4.79 Å². The van der Waals surface area contributed by atoms with E-state index in [2.05, 4.69) is 13.8 Å². The monoisotopic (exact) mass is 416 g/mol. The smallest absolute Gasteiger partial charge is 0.546 e. The van der Waals surface area contributed by atoms with Crippen molar-refractivity contribution in [2.24, 2.45) is 0 Å². The van der Waals surface area contributed by atoms with Crippen LogP contribution in [-0.4, -0.2) is 17.8 Å². The number of carboxylic acids is 1. The summed E-state index contributed by atoms with van der Waals surface area (Å²) in [6.07, 6.45) is 12.9. The van der Waals surface area contributed by atoms with E-state index >= 15 is 0 Å². The average Bonchev–Trinajstić information content (AvgIpc) is 2.67. The Morgan fingerprint density at radius 3 is 2.00 bits per heavy atom. The van der Waals surface area contributed by atoms with Gasteiger partial charge in [0.2, 0.25) is 0 Å². The van der Waals surface area contributed by atoms with Crippen molar-refractivity contribution in [2.45, 2.75) is 102 Å². The van der Waals surface area contributed by atoms with Gasteiger partial charge in [-0.25, -0.2) is 0 Å². The van der Waals surface area contributed by atoms with Gasteiger partial charge in [0.15, 0.2) is 0 Å². The fraction of sp³-hybridized carbons (Fsp3) is 0.696. The summed E-state index contributed by atoms with van der Waals surface area (Å²) in [6.45, 7) is 4.42. The third-order valence-corrected chi connectivity index (χ3v) is 5.80. The predicted molar refractivity (Wildman–Crippen MR) is 113 cm³/mol. The summed E-state index contributed by atoms with van der Waals surface area (Å²) in [7, 11) is 0. The molecule has 0 aliphatic carbocycles. The van der Waals surface area contributed by atoms with Crippen molar-refractivity contribution in [2.75, 3.05) is 5.75 Å². The normalized spacial score (nSPS) is 11.6. The molecular formula is C23H37NaO3S. The third kappa shape index (κ3) is 13.9. The van der Waals surface area contributed by atoms with Gasteiger partial charge < -0.3 is 14.6 Å². The number of benzene rings is 1. The number of hydrogen-bond donors (Lipinski definition) is 0. The topological polar surface area (TPSA) is 49.4 Å². The molecule has 3 nitrogen and oxygen atoms in total. The van der Waals surface area contributed by atoms with Gasteiger partial charge in [-0.1, -0.05) is 71.6 Å². The molecule has 0 spiro atoms. The second-order valence-electron chi connectivity index (χ2n) is 7.22. The molecule has 154 valence electrons. The molecule has 0 fully saturated rings. The van der Waals surface area contributed by atoms with E-state index in [-0.39, 0.29) is 29.6 Å². The van der Waals surface area contributed by atoms with Crippen LogP contribution >= 0.6 is 11.8 Å². The summed E-state index contributed by atoms with van der Waals surface area (Å²) in [4.78, 5) is 12.6. The van der Waals surface area contributed by atoms with Gasteiger partial charge in [-0.2, -0.15) is 0 Å². The van der Waals surface area contributed by atoms with E-state index in [0.29, 0.717) is 12.2 Å². The molecule has 0 heterocycles. The van der Waals surface area contributed by atoms with Gasteiger partial charge in [0.1, 0.15) is 11.9 Å². The maximum Gasteiger partial charge on any atom is 1.00 e. The van der Waals surface area contributed by atoms with Crippen LogP contribution in [0.1, 0.15) is 90.9 Å². The summed E-state index contributed by atoms with van der Waals surface area (Å²) in [5.41, 5.74) is 0. The minimum Gasteiger partial charge on any atom is -0.546 e. The van der Waals surface area contributed by atoms with Crippen LogP contribution in [0.3, 0.4) is 0 Å². The van der Waals surface area contributed by atoms with E-state index in [4.69, 9.17) is 4.74 Å². The van der Waals surface area contributed by atoms with Crippen LogP contribution in [0.2, 0.25) is 0 Å². The van der Waals surface area contributed by atoms with Gasteiger partial charge in [0.05, 0.1) is 5.97 Å². The van der Waals surface area contributed by atoms with Crippen LogP contribution in [0.25, 0.3) is 0 Å². The number of rotatable bonds is 17. The molecule has 0 aromatic heterocycles. The Bertz CT molecular complexity index is 493. The zero-order chi connectivity index (χ0) is 19.7. The minimum absolute atomic E-state index is 0. The van der Waals surface area contributed by atoms with E-state index in [9.17, 15) is 9.90 Å². The van der Waals surface area contributed by atoms with Gasteiger partial charge in [-0.15, -0.1) is 11.8 Å². The Hall–Kier alpha value is -0.160. The summed E-state index contributed by atoms with van der Waals surface area (Å²) in [6, 6.07) is 7.78. The Labute approximate surface area is 198 Å². The molecular weight excluding hydrogens is 379 g/mol. The molecule has 1 atom stereocenters. The number of ether oxygens (including phenoxy) is 1. The van der Waals surface area contributed by atoms with Crippen molar-refractivity contribution >= 4 is 17.7 Å². The molecule has 1 rings (SSSR count). The van der Waals surface area contributed by atoms with Crippen LogP contribution in [0, 0.1) is 0 Å². The van der Waals surface area contributed by atoms with Crippen molar-refractivity contribution in [3.8, 4) is 5.75 Å². The molecule has 1 aromatic rings. The molecule has 28 heavy (non-hydrogen) atoms. The number of unbranched alkanes of at least 4 members (excludes halogenated alkanes) is 9. The summed E-state index contributed by atoms with van der Waals surface area (Å²) in [5, 5.41) is 11.3. The SMILES string of the molecule is CCCCCCCCC(Oc1ccc(SCCCCCCC)cc1)C(=O)[O-].[Na+]. The fourth-order valence-electron chi connectivity index (χ4n) is 3.01. The maximum atomic E-state index is 11.3. The van der Waals surface area contributed by atoms with E-state index in [1.54, 1.807) is 0 Å². The Morgan fingerprint density at radius 2 is 1.43 bits per heavy atom. The second-order valence-corrected chi connectivity index (χ2v) is 8.38. The first-order chi connectivity index (χ1) is 13.2. The van der Waals surface area contributed by atoms with Gasteiger partial charge in [-0.05, 0) is 49.3 Å². The van der Waals surface area contributed by atoms with E-state index in [0.717, 1.165) is 25.0 Å². The zero-order valence-corrected chi connectivity index (χ0v) is 21.0. The Balaban J connectivity index is 0.00000729. The first kappa shape index (κ1) is 27.8. The molecule has 1 unspecified atom stereocenters. The molecule has 0 radical (unpaired) electrons. The molecule has 0 amide bonds. The molecule has 0 aliphatic heterocycles. The summed E-state index contributed by atoms with van der Waals surface area (Å²) >= 11 is 1.85. The first-order valence-corrected chi connectivity index (χ1v) is 11.8. The number of carbonyl (C=O) groups excluding carboxylic acids is 1. The van der Waals surface area contributed by atoms with Gasteiger partial charge in [0.25, 0.3) is 0 Å². The molecule has 5 heteroatoms. The predicted octanol–water partition coefficient (Wildman–Crippen LogP) is 3.00. The van der Waals surface area contributed by atoms with E-state index in [1.165, 1.54) is 56.3 Å². The van der Waals surface area contributed by atoms with Gasteiger partial charge in [-0.3, -0.25) is 0 Å². The van der Waals surface area contributed by atoms with Crippen molar-refractivity contribution in [1.82, 2.24) is 0 Å². The van der Waals surface area contributed by atoms with Crippen molar-refractivity contribution in [3.63, 3.8) is 0 Å². The average molecular weight is 417 g/mol. The first-order valence-electron chi connectivity index (χ1n) is 10.8. The molecule has 0 saturated heterocycles. The fourth-order valence-corrected chi connectivity index (χ4v) is 3.92. The maximum absolute atomic E-state index is 11.3. The van der Waals surface area contributed by atoms with E-state index < -0.39 is 12.1 Å². The standard InChI is InChI=1S/C23H38O3S.Na/c1-3-5-7-9-10-12-14-22(23(24)25)26-20-15-17-21(18-16-20)27-19-13-11-8-6-4-2;/h15-18,22H,3-14,19H2,1-2H3,(H,24,25);/q;+1/p-1. The quantitative estimate of drug-likeness (QED) is 0.223.